The summed E-state index contributed by atoms with van der Waals surface area (Å²) in [6.45, 7) is 2.42. The summed E-state index contributed by atoms with van der Waals surface area (Å²) in [6, 6.07) is 20.2. The lowest BCUT2D eigenvalue weighted by molar-refractivity contribution is 0.491. The maximum Gasteiger partial charge on any atom is 0.211 e. The fourth-order valence-corrected chi connectivity index (χ4v) is 3.69. The van der Waals surface area contributed by atoms with Crippen LogP contribution in [0.3, 0.4) is 0 Å². The van der Waals surface area contributed by atoms with Crippen LogP contribution in [0.2, 0.25) is 0 Å². The van der Waals surface area contributed by atoms with Crippen molar-refractivity contribution < 1.29 is 8.81 Å². The minimum atomic E-state index is -0.268. The molecule has 4 nitrogen and oxygen atoms in total. The summed E-state index contributed by atoms with van der Waals surface area (Å²) in [5.74, 6) is 0.576. The van der Waals surface area contributed by atoms with Gasteiger partial charge in [-0.3, -0.25) is 0 Å². The number of thiazole rings is 1. The largest absolute Gasteiger partial charge is 0.467 e. The van der Waals surface area contributed by atoms with E-state index in [-0.39, 0.29) is 5.82 Å². The number of rotatable bonds is 5. The molecule has 2 aromatic carbocycles. The van der Waals surface area contributed by atoms with Gasteiger partial charge in [0, 0.05) is 5.38 Å². The second kappa shape index (κ2) is 8.19. The fraction of sp³-hybridized carbons (Fsp3) is 0.0909. The van der Waals surface area contributed by atoms with Gasteiger partial charge in [0.25, 0.3) is 0 Å². The number of nitrogens with zero attached hydrogens (tertiary/aromatic N) is 3. The smallest absolute Gasteiger partial charge is 0.211 e. The van der Waals surface area contributed by atoms with Crippen molar-refractivity contribution in [3.63, 3.8) is 0 Å². The van der Waals surface area contributed by atoms with Gasteiger partial charge >= 0.3 is 0 Å². The van der Waals surface area contributed by atoms with E-state index in [1.165, 1.54) is 23.5 Å². The van der Waals surface area contributed by atoms with Crippen molar-refractivity contribution in [2.75, 3.05) is 0 Å². The van der Waals surface area contributed by atoms with Crippen molar-refractivity contribution in [2.45, 2.75) is 13.5 Å². The lowest BCUT2D eigenvalue weighted by atomic mass is 10.1. The number of hydrogen-bond donors (Lipinski definition) is 0. The average molecular weight is 391 g/mol. The Balaban J connectivity index is 1.75. The molecule has 4 rings (SSSR count). The summed E-state index contributed by atoms with van der Waals surface area (Å²) in [4.78, 5) is 0.761. The summed E-state index contributed by atoms with van der Waals surface area (Å²) in [5, 5.41) is 10.9. The highest BCUT2D eigenvalue weighted by molar-refractivity contribution is 7.07. The Labute approximate surface area is 165 Å². The van der Waals surface area contributed by atoms with Gasteiger partial charge in [-0.25, -0.2) is 4.39 Å². The van der Waals surface area contributed by atoms with E-state index in [0.717, 1.165) is 33.1 Å². The van der Waals surface area contributed by atoms with Crippen LogP contribution in [0.1, 0.15) is 18.2 Å². The Morgan fingerprint density at radius 1 is 1.04 bits per heavy atom. The SMILES string of the molecule is C/C(=N\N=c1/scc(-c2ccccc2)n1Cc1ccco1)c1ccc(F)cc1. The van der Waals surface area contributed by atoms with Crippen LogP contribution in [0.15, 0.2) is 93.0 Å². The number of furan rings is 1. The number of aromatic nitrogens is 1. The molecule has 6 heteroatoms. The summed E-state index contributed by atoms with van der Waals surface area (Å²) in [6.07, 6.45) is 1.66. The molecule has 140 valence electrons. The molecule has 4 aromatic rings. The number of benzene rings is 2. The van der Waals surface area contributed by atoms with Crippen molar-refractivity contribution in [1.82, 2.24) is 4.57 Å². The standard InChI is InChI=1S/C22H18FN3OS/c1-16(17-9-11-19(23)12-10-17)24-25-22-26(14-20-8-5-13-27-20)21(15-28-22)18-6-3-2-4-7-18/h2-13,15H,14H2,1H3/b24-16+,25-22-. The Bertz CT molecular complexity index is 1140. The van der Waals surface area contributed by atoms with Gasteiger partial charge in [-0.05, 0) is 42.3 Å². The van der Waals surface area contributed by atoms with Crippen molar-refractivity contribution in [2.24, 2.45) is 10.2 Å². The van der Waals surface area contributed by atoms with E-state index in [1.54, 1.807) is 18.4 Å². The Morgan fingerprint density at radius 3 is 2.54 bits per heavy atom. The summed E-state index contributed by atoms with van der Waals surface area (Å²) >= 11 is 1.52. The minimum absolute atomic E-state index is 0.268. The monoisotopic (exact) mass is 391 g/mol. The highest BCUT2D eigenvalue weighted by atomic mass is 32.1. The molecule has 0 radical (unpaired) electrons. The first-order chi connectivity index (χ1) is 13.7. The Morgan fingerprint density at radius 2 is 1.82 bits per heavy atom. The molecule has 0 spiro atoms. The molecule has 0 aliphatic rings. The second-order valence-corrected chi connectivity index (χ2v) is 7.06. The van der Waals surface area contributed by atoms with Gasteiger partial charge in [0.05, 0.1) is 24.2 Å². The van der Waals surface area contributed by atoms with Crippen LogP contribution in [0.25, 0.3) is 11.3 Å². The summed E-state index contributed by atoms with van der Waals surface area (Å²) in [5.41, 5.74) is 3.71. The highest BCUT2D eigenvalue weighted by Crippen LogP contribution is 2.21. The quantitative estimate of drug-likeness (QED) is 0.335. The first-order valence-corrected chi connectivity index (χ1v) is 9.69. The summed E-state index contributed by atoms with van der Waals surface area (Å²) < 4.78 is 20.7. The van der Waals surface area contributed by atoms with Crippen LogP contribution < -0.4 is 4.80 Å². The van der Waals surface area contributed by atoms with Gasteiger partial charge in [0.15, 0.2) is 0 Å². The van der Waals surface area contributed by atoms with E-state index in [1.807, 2.05) is 37.3 Å². The van der Waals surface area contributed by atoms with E-state index in [2.05, 4.69) is 32.3 Å². The minimum Gasteiger partial charge on any atom is -0.467 e. The van der Waals surface area contributed by atoms with Gasteiger partial charge in [-0.15, -0.1) is 16.4 Å². The van der Waals surface area contributed by atoms with Crippen LogP contribution in [0.4, 0.5) is 4.39 Å². The molecule has 2 heterocycles. The maximum atomic E-state index is 13.1. The molecule has 28 heavy (non-hydrogen) atoms. The molecule has 0 aliphatic heterocycles. The van der Waals surface area contributed by atoms with E-state index in [0.29, 0.717) is 6.54 Å². The van der Waals surface area contributed by atoms with E-state index >= 15 is 0 Å². The molecule has 0 bridgehead atoms. The zero-order valence-electron chi connectivity index (χ0n) is 15.2. The molecular formula is C22H18FN3OS. The van der Waals surface area contributed by atoms with Crippen molar-refractivity contribution >= 4 is 17.0 Å². The number of hydrogen-bond acceptors (Lipinski definition) is 4. The third-order valence-electron chi connectivity index (χ3n) is 4.31. The lowest BCUT2D eigenvalue weighted by Gasteiger charge is -2.07. The van der Waals surface area contributed by atoms with Gasteiger partial charge in [0.2, 0.25) is 4.80 Å². The second-order valence-electron chi connectivity index (χ2n) is 6.23. The Hall–Kier alpha value is -3.25. The molecular weight excluding hydrogens is 373 g/mol. The van der Waals surface area contributed by atoms with Crippen molar-refractivity contribution in [3.05, 3.63) is 100 Å². The van der Waals surface area contributed by atoms with Crippen LogP contribution in [0, 0.1) is 5.82 Å². The van der Waals surface area contributed by atoms with Gasteiger partial charge in [-0.1, -0.05) is 42.5 Å². The van der Waals surface area contributed by atoms with Gasteiger partial charge in [-0.2, -0.15) is 5.10 Å². The normalized spacial score (nSPS) is 12.5. The zero-order chi connectivity index (χ0) is 19.3. The third-order valence-corrected chi connectivity index (χ3v) is 5.16. The predicted octanol–water partition coefficient (Wildman–Crippen LogP) is 5.32. The fourth-order valence-electron chi connectivity index (χ4n) is 2.83. The molecule has 0 aliphatic carbocycles. The number of halogens is 1. The van der Waals surface area contributed by atoms with Crippen LogP contribution in [-0.2, 0) is 6.54 Å². The van der Waals surface area contributed by atoms with Gasteiger partial charge in [0.1, 0.15) is 11.6 Å². The van der Waals surface area contributed by atoms with Crippen LogP contribution in [0.5, 0.6) is 0 Å². The van der Waals surface area contributed by atoms with Crippen molar-refractivity contribution in [3.8, 4) is 11.3 Å². The van der Waals surface area contributed by atoms with E-state index < -0.39 is 0 Å². The first kappa shape index (κ1) is 18.1. The predicted molar refractivity (Wildman–Crippen MR) is 110 cm³/mol. The molecule has 0 atom stereocenters. The topological polar surface area (TPSA) is 42.8 Å². The summed E-state index contributed by atoms with van der Waals surface area (Å²) in [7, 11) is 0. The molecule has 0 amide bonds. The molecule has 0 fully saturated rings. The van der Waals surface area contributed by atoms with Gasteiger partial charge < -0.3 is 8.98 Å². The zero-order valence-corrected chi connectivity index (χ0v) is 16.1. The Kier molecular flexibility index (Phi) is 5.30. The molecule has 0 saturated carbocycles. The van der Waals surface area contributed by atoms with E-state index in [9.17, 15) is 4.39 Å². The van der Waals surface area contributed by atoms with E-state index in [4.69, 9.17) is 4.42 Å². The lowest BCUT2D eigenvalue weighted by Crippen LogP contribution is -2.16. The highest BCUT2D eigenvalue weighted by Gasteiger charge is 2.10. The first-order valence-electron chi connectivity index (χ1n) is 8.81. The molecule has 0 N–H and O–H groups in total. The van der Waals surface area contributed by atoms with Crippen molar-refractivity contribution in [1.29, 1.82) is 0 Å². The average Bonchev–Trinajstić information content (AvgIpc) is 3.38. The molecule has 0 saturated heterocycles. The maximum absolute atomic E-state index is 13.1. The molecule has 0 unspecified atom stereocenters. The van der Waals surface area contributed by atoms with Crippen LogP contribution in [-0.4, -0.2) is 10.3 Å². The molecule has 2 aromatic heterocycles. The van der Waals surface area contributed by atoms with Crippen LogP contribution >= 0.6 is 11.3 Å². The third kappa shape index (κ3) is 4.02.